The highest BCUT2D eigenvalue weighted by Crippen LogP contribution is 2.33. The van der Waals surface area contributed by atoms with Gasteiger partial charge < -0.3 is 16.0 Å². The van der Waals surface area contributed by atoms with Gasteiger partial charge in [-0.25, -0.2) is 4.79 Å². The Balaban J connectivity index is 1.88. The smallest absolute Gasteiger partial charge is 0.330 e. The molecule has 0 spiro atoms. The van der Waals surface area contributed by atoms with E-state index in [0.717, 1.165) is 12.1 Å². The van der Waals surface area contributed by atoms with Gasteiger partial charge in [0.2, 0.25) is 5.91 Å². The van der Waals surface area contributed by atoms with Gasteiger partial charge in [-0.2, -0.15) is 13.2 Å². The van der Waals surface area contributed by atoms with Crippen LogP contribution in [0.2, 0.25) is 5.02 Å². The molecule has 3 amide bonds. The number of hydrogen-bond donors (Lipinski definition) is 3. The largest absolute Gasteiger partial charge is 0.416 e. The van der Waals surface area contributed by atoms with Crippen LogP contribution in [0, 0.1) is 5.92 Å². The number of anilines is 1. The van der Waals surface area contributed by atoms with Crippen LogP contribution in [0.5, 0.6) is 0 Å². The van der Waals surface area contributed by atoms with E-state index in [1.807, 2.05) is 0 Å². The summed E-state index contributed by atoms with van der Waals surface area (Å²) in [7, 11) is 0. The van der Waals surface area contributed by atoms with Crippen LogP contribution in [0.15, 0.2) is 60.8 Å². The van der Waals surface area contributed by atoms with Gasteiger partial charge >= 0.3 is 12.2 Å². The molecule has 9 heteroatoms. The fraction of sp³-hybridized carbons (Fsp3) is 0.158. The van der Waals surface area contributed by atoms with Crippen molar-refractivity contribution in [2.45, 2.75) is 12.2 Å². The van der Waals surface area contributed by atoms with Gasteiger partial charge in [0.05, 0.1) is 11.6 Å². The first kappa shape index (κ1) is 19.8. The molecule has 1 aliphatic rings. The van der Waals surface area contributed by atoms with Gasteiger partial charge in [0.25, 0.3) is 0 Å². The molecule has 1 aliphatic heterocycles. The summed E-state index contributed by atoms with van der Waals surface area (Å²) in [6, 6.07) is 9.52. The van der Waals surface area contributed by atoms with E-state index in [1.54, 1.807) is 24.3 Å². The summed E-state index contributed by atoms with van der Waals surface area (Å²) in [5, 5.41) is 8.01. The maximum absolute atomic E-state index is 12.9. The Kier molecular flexibility index (Phi) is 5.33. The van der Waals surface area contributed by atoms with Crippen LogP contribution < -0.4 is 16.0 Å². The molecule has 5 nitrogen and oxygen atoms in total. The highest BCUT2D eigenvalue weighted by atomic mass is 35.5. The number of urea groups is 1. The summed E-state index contributed by atoms with van der Waals surface area (Å²) < 4.78 is 38.7. The number of halogens is 4. The van der Waals surface area contributed by atoms with Crippen LogP contribution in [0.1, 0.15) is 17.2 Å². The van der Waals surface area contributed by atoms with Crippen LogP contribution in [0.3, 0.4) is 0 Å². The van der Waals surface area contributed by atoms with Gasteiger partial charge in [-0.1, -0.05) is 36.4 Å². The number of carbonyl (C=O) groups is 2. The molecule has 0 bridgehead atoms. The normalized spacial score (nSPS) is 19.6. The molecule has 0 radical (unpaired) electrons. The predicted octanol–water partition coefficient (Wildman–Crippen LogP) is 4.48. The summed E-state index contributed by atoms with van der Waals surface area (Å²) in [6.45, 7) is 3.72. The SMILES string of the molecule is C=C1NC(=O)N[C@H](c2ccc(Cl)cc2)[C@@H]1C(=O)Nc1cccc(C(F)(F)F)c1. The third-order valence-corrected chi connectivity index (χ3v) is 4.49. The van der Waals surface area contributed by atoms with Crippen molar-refractivity contribution >= 4 is 29.2 Å². The zero-order valence-electron chi connectivity index (χ0n) is 14.3. The highest BCUT2D eigenvalue weighted by molar-refractivity contribution is 6.30. The van der Waals surface area contributed by atoms with Gasteiger partial charge in [-0.15, -0.1) is 0 Å². The Hall–Kier alpha value is -3.00. The molecule has 146 valence electrons. The minimum atomic E-state index is -4.53. The lowest BCUT2D eigenvalue weighted by atomic mass is 9.88. The molecule has 0 aromatic heterocycles. The second-order valence-electron chi connectivity index (χ2n) is 6.20. The van der Waals surface area contributed by atoms with E-state index in [0.29, 0.717) is 10.6 Å². The number of alkyl halides is 3. The monoisotopic (exact) mass is 409 g/mol. The fourth-order valence-electron chi connectivity index (χ4n) is 2.93. The van der Waals surface area contributed by atoms with Crippen molar-refractivity contribution in [2.24, 2.45) is 5.92 Å². The average Bonchev–Trinajstić information content (AvgIpc) is 2.61. The van der Waals surface area contributed by atoms with E-state index in [1.165, 1.54) is 12.1 Å². The second kappa shape index (κ2) is 7.55. The number of amides is 3. The molecule has 2 aromatic rings. The Morgan fingerprint density at radius 1 is 1.14 bits per heavy atom. The number of carbonyl (C=O) groups excluding carboxylic acids is 2. The first-order valence-electron chi connectivity index (χ1n) is 8.15. The lowest BCUT2D eigenvalue weighted by Crippen LogP contribution is -2.51. The molecule has 0 aliphatic carbocycles. The molecule has 0 unspecified atom stereocenters. The zero-order valence-corrected chi connectivity index (χ0v) is 15.1. The molecule has 0 saturated carbocycles. The maximum atomic E-state index is 12.9. The quantitative estimate of drug-likeness (QED) is 0.699. The van der Waals surface area contributed by atoms with Crippen LogP contribution in [0.25, 0.3) is 0 Å². The van der Waals surface area contributed by atoms with E-state index >= 15 is 0 Å². The van der Waals surface area contributed by atoms with Crippen molar-refractivity contribution in [1.29, 1.82) is 0 Å². The van der Waals surface area contributed by atoms with Gasteiger partial charge in [0, 0.05) is 16.4 Å². The first-order valence-corrected chi connectivity index (χ1v) is 8.53. The van der Waals surface area contributed by atoms with E-state index < -0.39 is 35.6 Å². The Labute approximate surface area is 163 Å². The van der Waals surface area contributed by atoms with Crippen molar-refractivity contribution < 1.29 is 22.8 Å². The van der Waals surface area contributed by atoms with Gasteiger partial charge in [-0.3, -0.25) is 4.79 Å². The van der Waals surface area contributed by atoms with E-state index in [4.69, 9.17) is 11.6 Å². The van der Waals surface area contributed by atoms with Crippen molar-refractivity contribution in [3.63, 3.8) is 0 Å². The van der Waals surface area contributed by atoms with Crippen molar-refractivity contribution in [1.82, 2.24) is 10.6 Å². The Morgan fingerprint density at radius 3 is 2.46 bits per heavy atom. The molecule has 1 fully saturated rings. The summed E-state index contributed by atoms with van der Waals surface area (Å²) in [5.74, 6) is -1.56. The molecule has 28 heavy (non-hydrogen) atoms. The summed E-state index contributed by atoms with van der Waals surface area (Å²) >= 11 is 5.88. The van der Waals surface area contributed by atoms with E-state index in [9.17, 15) is 22.8 Å². The molecular weight excluding hydrogens is 395 g/mol. The van der Waals surface area contributed by atoms with Gasteiger partial charge in [0.1, 0.15) is 5.92 Å². The minimum Gasteiger partial charge on any atom is -0.330 e. The Morgan fingerprint density at radius 2 is 1.82 bits per heavy atom. The second-order valence-corrected chi connectivity index (χ2v) is 6.63. The van der Waals surface area contributed by atoms with Crippen molar-refractivity contribution in [2.75, 3.05) is 5.32 Å². The van der Waals surface area contributed by atoms with Crippen molar-refractivity contribution in [3.05, 3.63) is 77.0 Å². The van der Waals surface area contributed by atoms with Crippen LogP contribution in [-0.4, -0.2) is 11.9 Å². The Bertz CT molecular complexity index is 929. The third-order valence-electron chi connectivity index (χ3n) is 4.24. The molecule has 1 heterocycles. The summed E-state index contributed by atoms with van der Waals surface area (Å²) in [6.07, 6.45) is -4.53. The molecular formula is C19H15ClF3N3O2. The lowest BCUT2D eigenvalue weighted by molar-refractivity contribution is -0.137. The molecule has 1 saturated heterocycles. The summed E-state index contributed by atoms with van der Waals surface area (Å²) in [4.78, 5) is 24.7. The molecule has 2 atom stereocenters. The van der Waals surface area contributed by atoms with E-state index in [-0.39, 0.29) is 11.4 Å². The van der Waals surface area contributed by atoms with Gasteiger partial charge in [0.15, 0.2) is 0 Å². The number of rotatable bonds is 3. The predicted molar refractivity (Wildman–Crippen MR) is 98.6 cm³/mol. The maximum Gasteiger partial charge on any atom is 0.416 e. The average molecular weight is 410 g/mol. The topological polar surface area (TPSA) is 70.2 Å². The highest BCUT2D eigenvalue weighted by Gasteiger charge is 2.38. The van der Waals surface area contributed by atoms with E-state index in [2.05, 4.69) is 22.5 Å². The minimum absolute atomic E-state index is 0.0145. The first-order chi connectivity index (χ1) is 13.1. The number of benzene rings is 2. The van der Waals surface area contributed by atoms with Gasteiger partial charge in [-0.05, 0) is 35.9 Å². The summed E-state index contributed by atoms with van der Waals surface area (Å²) in [5.41, 5.74) is -0.161. The van der Waals surface area contributed by atoms with Crippen LogP contribution >= 0.6 is 11.6 Å². The van der Waals surface area contributed by atoms with Crippen molar-refractivity contribution in [3.8, 4) is 0 Å². The third kappa shape index (κ3) is 4.28. The zero-order chi connectivity index (χ0) is 20.5. The van der Waals surface area contributed by atoms with Crippen LogP contribution in [-0.2, 0) is 11.0 Å². The number of hydrogen-bond acceptors (Lipinski definition) is 2. The lowest BCUT2D eigenvalue weighted by Gasteiger charge is -2.34. The standard InChI is InChI=1S/C19H15ClF3N3O2/c1-10-15(16(26-18(28)24-10)11-5-7-13(20)8-6-11)17(27)25-14-4-2-3-12(9-14)19(21,22)23/h2-9,15-16H,1H2,(H,25,27)(H2,24,26,28)/t15-,16-/m1/s1. The molecule has 3 N–H and O–H groups in total. The van der Waals surface area contributed by atoms with Crippen LogP contribution in [0.4, 0.5) is 23.7 Å². The molecule has 2 aromatic carbocycles. The fourth-order valence-corrected chi connectivity index (χ4v) is 3.06. The molecule has 3 rings (SSSR count). The number of nitrogens with one attached hydrogen (secondary N) is 3.